The van der Waals surface area contributed by atoms with Crippen LogP contribution < -0.4 is 0 Å². The van der Waals surface area contributed by atoms with Crippen LogP contribution in [-0.2, 0) is 9.53 Å². The van der Waals surface area contributed by atoms with Crippen molar-refractivity contribution in [1.82, 2.24) is 0 Å². The number of benzene rings is 1. The van der Waals surface area contributed by atoms with Crippen LogP contribution in [0.15, 0.2) is 28.7 Å². The molecule has 1 aromatic carbocycles. The summed E-state index contributed by atoms with van der Waals surface area (Å²) in [4.78, 5) is 11.7. The van der Waals surface area contributed by atoms with Crippen LogP contribution >= 0.6 is 15.9 Å². The number of esters is 1. The minimum atomic E-state index is -0.406. The van der Waals surface area contributed by atoms with Gasteiger partial charge in [0.15, 0.2) is 0 Å². The molecule has 0 bridgehead atoms. The molecule has 0 aliphatic carbocycles. The van der Waals surface area contributed by atoms with E-state index in [2.05, 4.69) is 15.9 Å². The SMILES string of the molecule is C[C@H](CC(=O)OC(C)(C)C)c1ccc(Br)cc1. The summed E-state index contributed by atoms with van der Waals surface area (Å²) < 4.78 is 6.35. The Kier molecular flexibility index (Phi) is 4.75. The van der Waals surface area contributed by atoms with E-state index in [0.29, 0.717) is 6.42 Å². The summed E-state index contributed by atoms with van der Waals surface area (Å²) in [6.07, 6.45) is 0.416. The van der Waals surface area contributed by atoms with Gasteiger partial charge < -0.3 is 4.74 Å². The summed E-state index contributed by atoms with van der Waals surface area (Å²) >= 11 is 3.39. The molecule has 0 saturated heterocycles. The quantitative estimate of drug-likeness (QED) is 0.778. The highest BCUT2D eigenvalue weighted by Gasteiger charge is 2.19. The molecule has 0 unspecified atom stereocenters. The molecule has 2 nitrogen and oxygen atoms in total. The maximum absolute atomic E-state index is 11.7. The third-order valence-corrected chi connectivity index (χ3v) is 2.86. The Balaban J connectivity index is 2.57. The number of carbonyl (C=O) groups is 1. The Hall–Kier alpha value is -0.830. The molecule has 1 aromatic rings. The summed E-state index contributed by atoms with van der Waals surface area (Å²) in [5.74, 6) is 0.0332. The van der Waals surface area contributed by atoms with Crippen molar-refractivity contribution in [3.05, 3.63) is 34.3 Å². The standard InChI is InChI=1S/C14H19BrO2/c1-10(9-13(16)17-14(2,3)4)11-5-7-12(15)8-6-11/h5-8,10H,9H2,1-4H3/t10-/m1/s1. The van der Waals surface area contributed by atoms with Crippen molar-refractivity contribution in [3.63, 3.8) is 0 Å². The minimum Gasteiger partial charge on any atom is -0.460 e. The molecule has 0 fully saturated rings. The van der Waals surface area contributed by atoms with Crippen molar-refractivity contribution < 1.29 is 9.53 Å². The lowest BCUT2D eigenvalue weighted by Gasteiger charge is -2.21. The largest absolute Gasteiger partial charge is 0.460 e. The van der Waals surface area contributed by atoms with Crippen molar-refractivity contribution in [1.29, 1.82) is 0 Å². The van der Waals surface area contributed by atoms with E-state index in [4.69, 9.17) is 4.74 Å². The van der Waals surface area contributed by atoms with Crippen molar-refractivity contribution in [2.24, 2.45) is 0 Å². The van der Waals surface area contributed by atoms with E-state index in [1.807, 2.05) is 52.0 Å². The molecule has 0 radical (unpaired) electrons. The topological polar surface area (TPSA) is 26.3 Å². The third-order valence-electron chi connectivity index (χ3n) is 2.33. The Morgan fingerprint density at radius 2 is 1.82 bits per heavy atom. The summed E-state index contributed by atoms with van der Waals surface area (Å²) in [6, 6.07) is 8.03. The highest BCUT2D eigenvalue weighted by Crippen LogP contribution is 2.22. The molecule has 1 rings (SSSR count). The monoisotopic (exact) mass is 298 g/mol. The average molecular weight is 299 g/mol. The third kappa shape index (κ3) is 5.35. The van der Waals surface area contributed by atoms with Gasteiger partial charge in [0.05, 0.1) is 6.42 Å². The Bertz CT molecular complexity index is 376. The lowest BCUT2D eigenvalue weighted by atomic mass is 9.98. The van der Waals surface area contributed by atoms with Crippen molar-refractivity contribution in [2.75, 3.05) is 0 Å². The van der Waals surface area contributed by atoms with Gasteiger partial charge in [0, 0.05) is 4.47 Å². The molecule has 0 aromatic heterocycles. The Morgan fingerprint density at radius 1 is 1.29 bits per heavy atom. The zero-order chi connectivity index (χ0) is 13.1. The van der Waals surface area contributed by atoms with Gasteiger partial charge in [-0.25, -0.2) is 0 Å². The summed E-state index contributed by atoms with van der Waals surface area (Å²) in [5, 5.41) is 0. The van der Waals surface area contributed by atoms with Gasteiger partial charge in [-0.3, -0.25) is 4.79 Å². The number of ether oxygens (including phenoxy) is 1. The van der Waals surface area contributed by atoms with Gasteiger partial charge in [-0.2, -0.15) is 0 Å². The summed E-state index contributed by atoms with van der Waals surface area (Å²) in [6.45, 7) is 7.69. The molecule has 0 amide bonds. The van der Waals surface area contributed by atoms with Gasteiger partial charge >= 0.3 is 5.97 Å². The lowest BCUT2D eigenvalue weighted by molar-refractivity contribution is -0.155. The molecule has 0 saturated carbocycles. The zero-order valence-corrected chi connectivity index (χ0v) is 12.4. The number of hydrogen-bond acceptors (Lipinski definition) is 2. The maximum Gasteiger partial charge on any atom is 0.306 e. The summed E-state index contributed by atoms with van der Waals surface area (Å²) in [7, 11) is 0. The van der Waals surface area contributed by atoms with Crippen molar-refractivity contribution in [3.8, 4) is 0 Å². The fraction of sp³-hybridized carbons (Fsp3) is 0.500. The number of halogens is 1. The van der Waals surface area contributed by atoms with Crippen LogP contribution in [0.2, 0.25) is 0 Å². The molecule has 17 heavy (non-hydrogen) atoms. The van der Waals surface area contributed by atoms with E-state index in [0.717, 1.165) is 10.0 Å². The minimum absolute atomic E-state index is 0.145. The molecular formula is C14H19BrO2. The van der Waals surface area contributed by atoms with Gasteiger partial charge in [-0.1, -0.05) is 35.0 Å². The first-order valence-electron chi connectivity index (χ1n) is 5.75. The predicted molar refractivity (Wildman–Crippen MR) is 73.0 cm³/mol. The van der Waals surface area contributed by atoms with E-state index < -0.39 is 5.60 Å². The second-order valence-corrected chi connectivity index (χ2v) is 6.16. The van der Waals surface area contributed by atoms with Crippen molar-refractivity contribution >= 4 is 21.9 Å². The first-order valence-corrected chi connectivity index (χ1v) is 6.54. The Labute approximate surface area is 111 Å². The van der Waals surface area contributed by atoms with Crippen LogP contribution in [0.4, 0.5) is 0 Å². The smallest absolute Gasteiger partial charge is 0.306 e. The van der Waals surface area contributed by atoms with Crippen LogP contribution in [0.5, 0.6) is 0 Å². The molecule has 0 heterocycles. The molecule has 0 aliphatic rings. The van der Waals surface area contributed by atoms with E-state index in [1.54, 1.807) is 0 Å². The molecular weight excluding hydrogens is 280 g/mol. The van der Waals surface area contributed by atoms with Gasteiger partial charge in [-0.15, -0.1) is 0 Å². The van der Waals surface area contributed by atoms with Crippen LogP contribution in [0, 0.1) is 0 Å². The van der Waals surface area contributed by atoms with E-state index in [9.17, 15) is 4.79 Å². The van der Waals surface area contributed by atoms with Gasteiger partial charge in [0.1, 0.15) is 5.60 Å². The molecule has 0 N–H and O–H groups in total. The normalized spacial score (nSPS) is 13.2. The van der Waals surface area contributed by atoms with E-state index in [-0.39, 0.29) is 11.9 Å². The molecule has 1 atom stereocenters. The lowest BCUT2D eigenvalue weighted by Crippen LogP contribution is -2.24. The molecule has 3 heteroatoms. The molecule has 94 valence electrons. The van der Waals surface area contributed by atoms with Gasteiger partial charge in [0.2, 0.25) is 0 Å². The number of rotatable bonds is 3. The number of carbonyl (C=O) groups excluding carboxylic acids is 1. The summed E-state index contributed by atoms with van der Waals surface area (Å²) in [5.41, 5.74) is 0.746. The first-order chi connectivity index (χ1) is 7.78. The molecule has 0 aliphatic heterocycles. The Morgan fingerprint density at radius 3 is 2.29 bits per heavy atom. The van der Waals surface area contributed by atoms with E-state index in [1.165, 1.54) is 0 Å². The second kappa shape index (κ2) is 5.67. The zero-order valence-electron chi connectivity index (χ0n) is 10.8. The van der Waals surface area contributed by atoms with E-state index >= 15 is 0 Å². The highest BCUT2D eigenvalue weighted by molar-refractivity contribution is 9.10. The second-order valence-electron chi connectivity index (χ2n) is 5.24. The fourth-order valence-corrected chi connectivity index (χ4v) is 1.81. The first kappa shape index (κ1) is 14.2. The number of hydrogen-bond donors (Lipinski definition) is 0. The maximum atomic E-state index is 11.7. The van der Waals surface area contributed by atoms with Crippen LogP contribution in [-0.4, -0.2) is 11.6 Å². The average Bonchev–Trinajstić information content (AvgIpc) is 2.15. The molecule has 0 spiro atoms. The van der Waals surface area contributed by atoms with Crippen LogP contribution in [0.25, 0.3) is 0 Å². The predicted octanol–water partition coefficient (Wildman–Crippen LogP) is 4.28. The van der Waals surface area contributed by atoms with Gasteiger partial charge in [0.25, 0.3) is 0 Å². The van der Waals surface area contributed by atoms with Crippen molar-refractivity contribution in [2.45, 2.75) is 45.6 Å². The fourth-order valence-electron chi connectivity index (χ4n) is 1.54. The van der Waals surface area contributed by atoms with Gasteiger partial charge in [-0.05, 0) is 44.4 Å². The van der Waals surface area contributed by atoms with Crippen LogP contribution in [0.3, 0.4) is 0 Å². The highest BCUT2D eigenvalue weighted by atomic mass is 79.9. The van der Waals surface area contributed by atoms with Crippen LogP contribution in [0.1, 0.15) is 45.6 Å².